The number of aromatic nitrogens is 2. The second kappa shape index (κ2) is 8.99. The summed E-state index contributed by atoms with van der Waals surface area (Å²) in [5.41, 5.74) is 4.32. The van der Waals surface area contributed by atoms with E-state index >= 15 is 0 Å². The number of fused-ring (bicyclic) bond motifs is 1. The van der Waals surface area contributed by atoms with Crippen LogP contribution in [-0.4, -0.2) is 64.3 Å². The third kappa shape index (κ3) is 4.64. The van der Waals surface area contributed by atoms with Gasteiger partial charge in [0.05, 0.1) is 12.7 Å². The zero-order valence-electron chi connectivity index (χ0n) is 18.0. The van der Waals surface area contributed by atoms with Crippen LogP contribution in [0.4, 0.5) is 0 Å². The zero-order chi connectivity index (χ0) is 20.2. The summed E-state index contributed by atoms with van der Waals surface area (Å²) in [4.78, 5) is 10.0. The summed E-state index contributed by atoms with van der Waals surface area (Å²) in [6.07, 6.45) is 6.46. The fraction of sp³-hybridized carbons (Fsp3) is 0.565. The maximum atomic E-state index is 5.03. The fourth-order valence-corrected chi connectivity index (χ4v) is 4.53. The molecule has 2 aliphatic rings. The molecule has 6 heteroatoms. The van der Waals surface area contributed by atoms with Crippen LogP contribution in [0, 0.1) is 0 Å². The molecule has 6 nitrogen and oxygen atoms in total. The Balaban J connectivity index is 1.37. The lowest BCUT2D eigenvalue weighted by molar-refractivity contribution is 0.195. The number of hydrogen-bond acceptors (Lipinski definition) is 3. The number of rotatable bonds is 5. The van der Waals surface area contributed by atoms with Crippen LogP contribution in [0.15, 0.2) is 41.7 Å². The highest BCUT2D eigenvalue weighted by Gasteiger charge is 2.27. The van der Waals surface area contributed by atoms with Gasteiger partial charge < -0.3 is 10.2 Å². The third-order valence-corrected chi connectivity index (χ3v) is 6.31. The van der Waals surface area contributed by atoms with Crippen molar-refractivity contribution in [2.75, 3.05) is 32.7 Å². The highest BCUT2D eigenvalue weighted by molar-refractivity contribution is 5.80. The van der Waals surface area contributed by atoms with Crippen LogP contribution in [0.5, 0.6) is 0 Å². The van der Waals surface area contributed by atoms with Gasteiger partial charge in [0.25, 0.3) is 0 Å². The van der Waals surface area contributed by atoms with Crippen LogP contribution < -0.4 is 5.32 Å². The van der Waals surface area contributed by atoms with E-state index in [0.29, 0.717) is 12.0 Å². The van der Waals surface area contributed by atoms with Crippen molar-refractivity contribution in [3.63, 3.8) is 0 Å². The molecular formula is C23H34N6. The molecule has 29 heavy (non-hydrogen) atoms. The molecular weight excluding hydrogens is 360 g/mol. The summed E-state index contributed by atoms with van der Waals surface area (Å²) < 4.78 is 1.90. The average Bonchev–Trinajstić information content (AvgIpc) is 3.39. The SMILES string of the molecule is CCNC(=NCC(C)N1CCc2ccccc2C1)N1CCC(c2cnn(C)c2)C1. The molecule has 0 aliphatic carbocycles. The topological polar surface area (TPSA) is 48.7 Å². The van der Waals surface area contributed by atoms with E-state index in [9.17, 15) is 0 Å². The first-order chi connectivity index (χ1) is 14.1. The number of nitrogens with one attached hydrogen (secondary N) is 1. The molecule has 4 rings (SSSR count). The molecule has 1 fully saturated rings. The van der Waals surface area contributed by atoms with E-state index in [1.165, 1.54) is 16.7 Å². The Bertz CT molecular complexity index is 841. The minimum atomic E-state index is 0.439. The van der Waals surface area contributed by atoms with E-state index in [1.807, 2.05) is 17.9 Å². The van der Waals surface area contributed by atoms with Gasteiger partial charge in [0, 0.05) is 57.9 Å². The quantitative estimate of drug-likeness (QED) is 0.626. The van der Waals surface area contributed by atoms with Gasteiger partial charge in [0.2, 0.25) is 0 Å². The molecule has 1 aromatic carbocycles. The molecule has 156 valence electrons. The third-order valence-electron chi connectivity index (χ3n) is 6.31. The first-order valence-corrected chi connectivity index (χ1v) is 11.0. The molecule has 0 amide bonds. The Morgan fingerprint density at radius 2 is 2.10 bits per heavy atom. The van der Waals surface area contributed by atoms with E-state index in [4.69, 9.17) is 4.99 Å². The van der Waals surface area contributed by atoms with Crippen molar-refractivity contribution >= 4 is 5.96 Å². The molecule has 1 N–H and O–H groups in total. The minimum absolute atomic E-state index is 0.439. The van der Waals surface area contributed by atoms with Crippen LogP contribution in [0.3, 0.4) is 0 Å². The number of nitrogens with zero attached hydrogens (tertiary/aromatic N) is 5. The molecule has 0 bridgehead atoms. The van der Waals surface area contributed by atoms with Gasteiger partial charge in [0.1, 0.15) is 0 Å². The van der Waals surface area contributed by atoms with E-state index < -0.39 is 0 Å². The van der Waals surface area contributed by atoms with Crippen molar-refractivity contribution in [2.45, 2.75) is 45.2 Å². The van der Waals surface area contributed by atoms with Gasteiger partial charge in [-0.15, -0.1) is 0 Å². The first-order valence-electron chi connectivity index (χ1n) is 11.0. The lowest BCUT2D eigenvalue weighted by Gasteiger charge is -2.33. The molecule has 0 radical (unpaired) electrons. The Morgan fingerprint density at radius 3 is 2.86 bits per heavy atom. The second-order valence-electron chi connectivity index (χ2n) is 8.41. The maximum Gasteiger partial charge on any atom is 0.193 e. The average molecular weight is 395 g/mol. The standard InChI is InChI=1S/C23H34N6/c1-4-24-23(29-12-10-21(17-29)22-14-26-27(3)15-22)25-13-18(2)28-11-9-19-7-5-6-8-20(19)16-28/h5-8,14-15,18,21H,4,9-13,16-17H2,1-3H3,(H,24,25). The van der Waals surface area contributed by atoms with Gasteiger partial charge in [-0.05, 0) is 43.4 Å². The molecule has 0 saturated carbocycles. The highest BCUT2D eigenvalue weighted by Crippen LogP contribution is 2.27. The van der Waals surface area contributed by atoms with Crippen molar-refractivity contribution in [3.8, 4) is 0 Å². The van der Waals surface area contributed by atoms with Crippen molar-refractivity contribution in [1.29, 1.82) is 0 Å². The predicted molar refractivity (Wildman–Crippen MR) is 118 cm³/mol. The lowest BCUT2D eigenvalue weighted by atomic mass is 9.99. The molecule has 1 aromatic heterocycles. The Morgan fingerprint density at radius 1 is 1.28 bits per heavy atom. The van der Waals surface area contributed by atoms with Crippen LogP contribution in [-0.2, 0) is 20.0 Å². The summed E-state index contributed by atoms with van der Waals surface area (Å²) in [5, 5.41) is 7.85. The Hall–Kier alpha value is -2.34. The number of benzene rings is 1. The smallest absolute Gasteiger partial charge is 0.193 e. The van der Waals surface area contributed by atoms with E-state index in [2.05, 4.69) is 64.5 Å². The molecule has 1 saturated heterocycles. The number of likely N-dealkylation sites (tertiary alicyclic amines) is 1. The minimum Gasteiger partial charge on any atom is -0.357 e. The zero-order valence-corrected chi connectivity index (χ0v) is 18.0. The van der Waals surface area contributed by atoms with Crippen molar-refractivity contribution in [3.05, 3.63) is 53.3 Å². The van der Waals surface area contributed by atoms with E-state index in [-0.39, 0.29) is 0 Å². The van der Waals surface area contributed by atoms with Crippen molar-refractivity contribution in [1.82, 2.24) is 24.9 Å². The van der Waals surface area contributed by atoms with Crippen LogP contribution >= 0.6 is 0 Å². The first kappa shape index (κ1) is 20.0. The summed E-state index contributed by atoms with van der Waals surface area (Å²) >= 11 is 0. The fourth-order valence-electron chi connectivity index (χ4n) is 4.53. The molecule has 2 atom stereocenters. The second-order valence-corrected chi connectivity index (χ2v) is 8.41. The van der Waals surface area contributed by atoms with Crippen LogP contribution in [0.2, 0.25) is 0 Å². The number of guanidine groups is 1. The van der Waals surface area contributed by atoms with Gasteiger partial charge >= 0.3 is 0 Å². The van der Waals surface area contributed by atoms with E-state index in [0.717, 1.165) is 58.1 Å². The monoisotopic (exact) mass is 394 g/mol. The number of aliphatic imine (C=N–C) groups is 1. The maximum absolute atomic E-state index is 5.03. The normalized spacial score (nSPS) is 21.3. The highest BCUT2D eigenvalue weighted by atomic mass is 15.3. The summed E-state index contributed by atoms with van der Waals surface area (Å²) in [7, 11) is 1.99. The largest absolute Gasteiger partial charge is 0.357 e. The van der Waals surface area contributed by atoms with Gasteiger partial charge in [-0.25, -0.2) is 0 Å². The van der Waals surface area contributed by atoms with E-state index in [1.54, 1.807) is 0 Å². The summed E-state index contributed by atoms with van der Waals surface area (Å²) in [5.74, 6) is 1.60. The predicted octanol–water partition coefficient (Wildman–Crippen LogP) is 2.62. The summed E-state index contributed by atoms with van der Waals surface area (Å²) in [6, 6.07) is 9.28. The molecule has 2 aromatic rings. The Labute approximate surface area is 174 Å². The van der Waals surface area contributed by atoms with Crippen LogP contribution in [0.1, 0.15) is 42.9 Å². The van der Waals surface area contributed by atoms with Crippen LogP contribution in [0.25, 0.3) is 0 Å². The molecule has 3 heterocycles. The van der Waals surface area contributed by atoms with Gasteiger partial charge in [-0.3, -0.25) is 14.6 Å². The van der Waals surface area contributed by atoms with Gasteiger partial charge in [0.15, 0.2) is 5.96 Å². The number of hydrogen-bond donors (Lipinski definition) is 1. The van der Waals surface area contributed by atoms with Crippen molar-refractivity contribution in [2.24, 2.45) is 12.0 Å². The van der Waals surface area contributed by atoms with Gasteiger partial charge in [-0.2, -0.15) is 5.10 Å². The lowest BCUT2D eigenvalue weighted by Crippen LogP contribution is -2.42. The van der Waals surface area contributed by atoms with Gasteiger partial charge in [-0.1, -0.05) is 24.3 Å². The molecule has 2 aliphatic heterocycles. The Kier molecular flexibility index (Phi) is 6.19. The van der Waals surface area contributed by atoms with Crippen molar-refractivity contribution < 1.29 is 0 Å². The molecule has 0 spiro atoms. The molecule has 2 unspecified atom stereocenters. The number of aryl methyl sites for hydroxylation is 1. The summed E-state index contributed by atoms with van der Waals surface area (Å²) in [6.45, 7) is 10.4.